The van der Waals surface area contributed by atoms with Gasteiger partial charge in [0, 0.05) is 11.1 Å². The molecule has 0 bridgehead atoms. The maximum Gasteiger partial charge on any atom is 0.336 e. The molecule has 0 aliphatic rings. The Labute approximate surface area is 164 Å². The van der Waals surface area contributed by atoms with Crippen molar-refractivity contribution in [3.05, 3.63) is 69.5 Å². The molecule has 2 aromatic carbocycles. The Morgan fingerprint density at radius 1 is 0.852 bits per heavy atom. The van der Waals surface area contributed by atoms with Gasteiger partial charge in [-0.2, -0.15) is 0 Å². The number of carboxylic acids is 2. The first-order chi connectivity index (χ1) is 12.8. The van der Waals surface area contributed by atoms with Crippen molar-refractivity contribution in [1.82, 2.24) is 9.97 Å². The van der Waals surface area contributed by atoms with Crippen LogP contribution in [0.4, 0.5) is 0 Å². The van der Waals surface area contributed by atoms with Crippen LogP contribution in [0, 0.1) is 6.92 Å². The van der Waals surface area contributed by atoms with E-state index < -0.39 is 11.9 Å². The zero-order valence-electron chi connectivity index (χ0n) is 13.9. The molecule has 3 rings (SSSR count). The maximum atomic E-state index is 11.7. The topological polar surface area (TPSA) is 100 Å². The highest BCUT2D eigenvalue weighted by atomic mass is 35.5. The summed E-state index contributed by atoms with van der Waals surface area (Å²) in [5.41, 5.74) is 1.51. The zero-order valence-corrected chi connectivity index (χ0v) is 15.4. The number of aromatic carboxylic acids is 2. The van der Waals surface area contributed by atoms with Gasteiger partial charge in [-0.05, 0) is 42.8 Å². The Morgan fingerprint density at radius 3 is 2.00 bits per heavy atom. The van der Waals surface area contributed by atoms with E-state index in [1.54, 1.807) is 25.1 Å². The van der Waals surface area contributed by atoms with E-state index >= 15 is 0 Å². The normalized spacial score (nSPS) is 10.6. The fourth-order valence-corrected chi connectivity index (χ4v) is 3.01. The van der Waals surface area contributed by atoms with Gasteiger partial charge in [-0.25, -0.2) is 19.6 Å². The standard InChI is InChI=1S/C19H12Cl2N2O4/c1-9-4-11(18(24)25)17(12(5-9)19(26)27)16-7-15(22-8-23-16)10-2-3-13(20)14(21)6-10/h2-8H,1H3,(H,24,25)(H,26,27). The summed E-state index contributed by atoms with van der Waals surface area (Å²) in [6.07, 6.45) is 1.24. The van der Waals surface area contributed by atoms with Crippen molar-refractivity contribution in [2.24, 2.45) is 0 Å². The molecule has 0 saturated carbocycles. The summed E-state index contributed by atoms with van der Waals surface area (Å²) in [5, 5.41) is 19.8. The second-order valence-corrected chi connectivity index (χ2v) is 6.58. The van der Waals surface area contributed by atoms with Crippen molar-refractivity contribution in [3.8, 4) is 22.5 Å². The first-order valence-electron chi connectivity index (χ1n) is 7.67. The van der Waals surface area contributed by atoms with E-state index in [1.165, 1.54) is 24.5 Å². The number of hydrogen-bond donors (Lipinski definition) is 2. The molecule has 1 aromatic heterocycles. The third kappa shape index (κ3) is 3.77. The number of aryl methyl sites for hydroxylation is 1. The summed E-state index contributed by atoms with van der Waals surface area (Å²) < 4.78 is 0. The van der Waals surface area contributed by atoms with Gasteiger partial charge in [-0.3, -0.25) is 0 Å². The molecule has 0 fully saturated rings. The van der Waals surface area contributed by atoms with Crippen LogP contribution < -0.4 is 0 Å². The fraction of sp³-hybridized carbons (Fsp3) is 0.0526. The van der Waals surface area contributed by atoms with Crippen LogP contribution in [0.5, 0.6) is 0 Å². The van der Waals surface area contributed by atoms with Gasteiger partial charge in [0.1, 0.15) is 6.33 Å². The van der Waals surface area contributed by atoms with Crippen LogP contribution in [0.2, 0.25) is 10.0 Å². The van der Waals surface area contributed by atoms with Crippen LogP contribution in [-0.4, -0.2) is 32.1 Å². The average molecular weight is 403 g/mol. The summed E-state index contributed by atoms with van der Waals surface area (Å²) >= 11 is 12.0. The van der Waals surface area contributed by atoms with Gasteiger partial charge in [0.15, 0.2) is 0 Å². The second-order valence-electron chi connectivity index (χ2n) is 5.76. The smallest absolute Gasteiger partial charge is 0.336 e. The van der Waals surface area contributed by atoms with E-state index in [2.05, 4.69) is 9.97 Å². The molecule has 0 aliphatic heterocycles. The van der Waals surface area contributed by atoms with E-state index in [4.69, 9.17) is 23.2 Å². The van der Waals surface area contributed by atoms with Gasteiger partial charge in [-0.15, -0.1) is 0 Å². The molecule has 0 atom stereocenters. The van der Waals surface area contributed by atoms with Gasteiger partial charge < -0.3 is 10.2 Å². The molecule has 0 unspecified atom stereocenters. The van der Waals surface area contributed by atoms with E-state index in [9.17, 15) is 19.8 Å². The minimum absolute atomic E-state index is 0.0179. The van der Waals surface area contributed by atoms with Gasteiger partial charge in [0.05, 0.1) is 32.6 Å². The van der Waals surface area contributed by atoms with Gasteiger partial charge in [0.25, 0.3) is 0 Å². The molecule has 8 heteroatoms. The highest BCUT2D eigenvalue weighted by Crippen LogP contribution is 2.32. The van der Waals surface area contributed by atoms with E-state index in [1.807, 2.05) is 0 Å². The Balaban J connectivity index is 2.24. The number of carboxylic acid groups (broad SMARTS) is 2. The Morgan fingerprint density at radius 2 is 1.44 bits per heavy atom. The molecule has 6 nitrogen and oxygen atoms in total. The second kappa shape index (κ2) is 7.34. The van der Waals surface area contributed by atoms with Crippen molar-refractivity contribution in [2.75, 3.05) is 0 Å². The average Bonchev–Trinajstić information content (AvgIpc) is 2.63. The van der Waals surface area contributed by atoms with Crippen LogP contribution >= 0.6 is 23.2 Å². The van der Waals surface area contributed by atoms with E-state index in [0.717, 1.165) is 0 Å². The lowest BCUT2D eigenvalue weighted by Gasteiger charge is -2.12. The first-order valence-corrected chi connectivity index (χ1v) is 8.42. The SMILES string of the molecule is Cc1cc(C(=O)O)c(-c2cc(-c3ccc(Cl)c(Cl)c3)ncn2)c(C(=O)O)c1. The van der Waals surface area contributed by atoms with Crippen molar-refractivity contribution in [2.45, 2.75) is 6.92 Å². The molecule has 1 heterocycles. The summed E-state index contributed by atoms with van der Waals surface area (Å²) in [6, 6.07) is 9.25. The highest BCUT2D eigenvalue weighted by Gasteiger charge is 2.22. The first kappa shape index (κ1) is 18.8. The van der Waals surface area contributed by atoms with Crippen molar-refractivity contribution < 1.29 is 19.8 Å². The predicted octanol–water partition coefficient (Wildman–Crippen LogP) is 4.82. The molecule has 0 radical (unpaired) electrons. The lowest BCUT2D eigenvalue weighted by molar-refractivity contribution is 0.0696. The van der Waals surface area contributed by atoms with Crippen molar-refractivity contribution in [3.63, 3.8) is 0 Å². The molecular weight excluding hydrogens is 391 g/mol. The van der Waals surface area contributed by atoms with E-state index in [-0.39, 0.29) is 22.4 Å². The number of halogens is 2. The van der Waals surface area contributed by atoms with Crippen LogP contribution in [0.1, 0.15) is 26.3 Å². The lowest BCUT2D eigenvalue weighted by atomic mass is 9.94. The predicted molar refractivity (Wildman–Crippen MR) is 102 cm³/mol. The number of benzene rings is 2. The Kier molecular flexibility index (Phi) is 5.12. The quantitative estimate of drug-likeness (QED) is 0.648. The molecular formula is C19H12Cl2N2O4. The summed E-state index contributed by atoms with van der Waals surface area (Å²) in [6.45, 7) is 1.63. The Hall–Kier alpha value is -2.96. The van der Waals surface area contributed by atoms with Crippen LogP contribution in [0.3, 0.4) is 0 Å². The van der Waals surface area contributed by atoms with Crippen LogP contribution in [-0.2, 0) is 0 Å². The highest BCUT2D eigenvalue weighted by molar-refractivity contribution is 6.42. The summed E-state index contributed by atoms with van der Waals surface area (Å²) in [7, 11) is 0. The molecule has 0 amide bonds. The minimum atomic E-state index is -1.24. The van der Waals surface area contributed by atoms with Gasteiger partial charge in [-0.1, -0.05) is 29.3 Å². The van der Waals surface area contributed by atoms with E-state index in [0.29, 0.717) is 26.9 Å². The zero-order chi connectivity index (χ0) is 19.7. The molecule has 3 aromatic rings. The monoisotopic (exact) mass is 402 g/mol. The maximum absolute atomic E-state index is 11.7. The summed E-state index contributed by atoms with van der Waals surface area (Å²) in [4.78, 5) is 31.6. The molecule has 27 heavy (non-hydrogen) atoms. The van der Waals surface area contributed by atoms with Gasteiger partial charge >= 0.3 is 11.9 Å². The largest absolute Gasteiger partial charge is 0.478 e. The van der Waals surface area contributed by atoms with Crippen molar-refractivity contribution in [1.29, 1.82) is 0 Å². The fourth-order valence-electron chi connectivity index (χ4n) is 2.71. The third-order valence-corrected chi connectivity index (χ3v) is 4.62. The number of aromatic nitrogens is 2. The lowest BCUT2D eigenvalue weighted by Crippen LogP contribution is -2.09. The van der Waals surface area contributed by atoms with Crippen LogP contribution in [0.25, 0.3) is 22.5 Å². The number of carbonyl (C=O) groups is 2. The third-order valence-electron chi connectivity index (χ3n) is 3.88. The Bertz CT molecular complexity index is 1050. The number of rotatable bonds is 4. The molecule has 0 spiro atoms. The number of nitrogens with zero attached hydrogens (tertiary/aromatic N) is 2. The molecule has 2 N–H and O–H groups in total. The number of hydrogen-bond acceptors (Lipinski definition) is 4. The van der Waals surface area contributed by atoms with Crippen molar-refractivity contribution >= 4 is 35.1 Å². The molecule has 0 saturated heterocycles. The van der Waals surface area contributed by atoms with Crippen LogP contribution in [0.15, 0.2) is 42.7 Å². The van der Waals surface area contributed by atoms with Gasteiger partial charge in [0.2, 0.25) is 0 Å². The molecule has 136 valence electrons. The minimum Gasteiger partial charge on any atom is -0.478 e. The molecule has 0 aliphatic carbocycles. The summed E-state index contributed by atoms with van der Waals surface area (Å²) in [5.74, 6) is -2.49.